The van der Waals surface area contributed by atoms with Gasteiger partial charge < -0.3 is 24.8 Å². The molecule has 0 radical (unpaired) electrons. The van der Waals surface area contributed by atoms with E-state index in [1.807, 2.05) is 18.2 Å². The summed E-state index contributed by atoms with van der Waals surface area (Å²) in [6.07, 6.45) is 2.07. The summed E-state index contributed by atoms with van der Waals surface area (Å²) in [6.45, 7) is 9.31. The fourth-order valence-electron chi connectivity index (χ4n) is 4.00. The lowest BCUT2D eigenvalue weighted by atomic mass is 9.89. The number of benzene rings is 1. The fraction of sp³-hybridized carbons (Fsp3) is 0.667. The molecule has 0 unspecified atom stereocenters. The largest absolute Gasteiger partial charge is 0.381 e. The predicted octanol–water partition coefficient (Wildman–Crippen LogP) is 3.16. The number of likely N-dealkylation sites (N-methyl/N-ethyl adjacent to an activating group) is 1. The van der Waals surface area contributed by atoms with Crippen molar-refractivity contribution in [3.63, 3.8) is 0 Å². The first-order chi connectivity index (χ1) is 13.5. The van der Waals surface area contributed by atoms with Gasteiger partial charge >= 0.3 is 0 Å². The van der Waals surface area contributed by atoms with Crippen molar-refractivity contribution in [2.75, 3.05) is 71.5 Å². The van der Waals surface area contributed by atoms with E-state index in [4.69, 9.17) is 21.3 Å². The predicted molar refractivity (Wildman–Crippen MR) is 133 cm³/mol. The van der Waals surface area contributed by atoms with Crippen LogP contribution in [-0.4, -0.2) is 87.9 Å². The van der Waals surface area contributed by atoms with Crippen LogP contribution in [-0.2, 0) is 4.74 Å². The number of nitrogens with zero attached hydrogens (tertiary/aromatic N) is 4. The summed E-state index contributed by atoms with van der Waals surface area (Å²) in [7, 11) is 4.33. The normalized spacial score (nSPS) is 19.8. The second-order valence-corrected chi connectivity index (χ2v) is 8.29. The Balaban J connectivity index is 0.00000300. The van der Waals surface area contributed by atoms with Crippen molar-refractivity contribution >= 4 is 47.2 Å². The van der Waals surface area contributed by atoms with Gasteiger partial charge in [0.1, 0.15) is 0 Å². The number of rotatable bonds is 5. The molecule has 0 saturated carbocycles. The average molecular weight is 536 g/mol. The van der Waals surface area contributed by atoms with Gasteiger partial charge in [-0.1, -0.05) is 17.7 Å². The van der Waals surface area contributed by atoms with Gasteiger partial charge in [0.2, 0.25) is 0 Å². The van der Waals surface area contributed by atoms with Crippen molar-refractivity contribution < 1.29 is 4.74 Å². The third-order valence-corrected chi connectivity index (χ3v) is 6.22. The molecule has 2 saturated heterocycles. The van der Waals surface area contributed by atoms with Crippen molar-refractivity contribution in [1.82, 2.24) is 15.1 Å². The minimum Gasteiger partial charge on any atom is -0.381 e. The Kier molecular flexibility index (Phi) is 9.78. The summed E-state index contributed by atoms with van der Waals surface area (Å²) in [5, 5.41) is 4.29. The summed E-state index contributed by atoms with van der Waals surface area (Å²) in [5.74, 6) is 1.03. The van der Waals surface area contributed by atoms with E-state index in [2.05, 4.69) is 47.1 Å². The number of nitrogens with one attached hydrogen (secondary N) is 1. The minimum absolute atomic E-state index is 0. The first-order valence-electron chi connectivity index (χ1n) is 10.3. The van der Waals surface area contributed by atoms with Crippen LogP contribution in [0.2, 0.25) is 5.02 Å². The highest BCUT2D eigenvalue weighted by Crippen LogP contribution is 2.26. The van der Waals surface area contributed by atoms with Gasteiger partial charge in [0, 0.05) is 62.2 Å². The van der Waals surface area contributed by atoms with E-state index in [1.54, 1.807) is 0 Å². The molecule has 2 aliphatic rings. The topological polar surface area (TPSA) is 43.3 Å². The van der Waals surface area contributed by atoms with Gasteiger partial charge in [-0.15, -0.1) is 24.0 Å². The summed E-state index contributed by atoms with van der Waals surface area (Å²) in [5.41, 5.74) is 1.30. The number of anilines is 1. The summed E-state index contributed by atoms with van der Waals surface area (Å²) in [6, 6.07) is 8.12. The molecule has 8 heteroatoms. The van der Waals surface area contributed by atoms with Gasteiger partial charge in [0.05, 0.1) is 6.54 Å². The molecule has 164 valence electrons. The van der Waals surface area contributed by atoms with Gasteiger partial charge in [-0.3, -0.25) is 4.99 Å². The molecule has 6 nitrogen and oxygen atoms in total. The van der Waals surface area contributed by atoms with Crippen LogP contribution in [0.15, 0.2) is 29.3 Å². The Morgan fingerprint density at radius 1 is 1.21 bits per heavy atom. The van der Waals surface area contributed by atoms with Gasteiger partial charge in [-0.05, 0) is 52.1 Å². The Bertz CT molecular complexity index is 658. The molecular formula is C21H35ClIN5O. The van der Waals surface area contributed by atoms with E-state index in [0.717, 1.165) is 76.3 Å². The molecule has 0 aromatic heterocycles. The molecule has 1 aromatic carbocycles. The molecule has 0 bridgehead atoms. The van der Waals surface area contributed by atoms with Gasteiger partial charge in [0.15, 0.2) is 5.96 Å². The Morgan fingerprint density at radius 2 is 1.90 bits per heavy atom. The first kappa shape index (κ1) is 24.5. The van der Waals surface area contributed by atoms with Crippen molar-refractivity contribution in [2.45, 2.75) is 25.3 Å². The van der Waals surface area contributed by atoms with Gasteiger partial charge in [-0.25, -0.2) is 0 Å². The summed E-state index contributed by atoms with van der Waals surface area (Å²) < 4.78 is 5.59. The van der Waals surface area contributed by atoms with E-state index >= 15 is 0 Å². The molecule has 1 N–H and O–H groups in total. The zero-order chi connectivity index (χ0) is 20.0. The lowest BCUT2D eigenvalue weighted by molar-refractivity contribution is -0.00264. The van der Waals surface area contributed by atoms with Crippen molar-refractivity contribution in [3.05, 3.63) is 29.3 Å². The Labute approximate surface area is 197 Å². The van der Waals surface area contributed by atoms with E-state index in [-0.39, 0.29) is 29.5 Å². The highest BCUT2D eigenvalue weighted by Gasteiger charge is 2.35. The number of aliphatic imine (C=N–C) groups is 1. The molecular weight excluding hydrogens is 501 g/mol. The molecule has 3 rings (SSSR count). The molecule has 0 amide bonds. The number of ether oxygens (including phenoxy) is 1. The lowest BCUT2D eigenvalue weighted by Crippen LogP contribution is -2.54. The van der Waals surface area contributed by atoms with Crippen molar-refractivity contribution in [1.29, 1.82) is 0 Å². The number of guanidine groups is 1. The number of hydrogen-bond donors (Lipinski definition) is 1. The molecule has 0 spiro atoms. The van der Waals surface area contributed by atoms with E-state index in [9.17, 15) is 0 Å². The van der Waals surface area contributed by atoms with Crippen LogP contribution in [0.5, 0.6) is 0 Å². The molecule has 2 fully saturated rings. The van der Waals surface area contributed by atoms with E-state index in [1.165, 1.54) is 5.69 Å². The summed E-state index contributed by atoms with van der Waals surface area (Å²) >= 11 is 6.16. The third-order valence-electron chi connectivity index (χ3n) is 5.98. The second-order valence-electron chi connectivity index (χ2n) is 7.86. The van der Waals surface area contributed by atoms with Crippen LogP contribution in [0.1, 0.15) is 19.8 Å². The van der Waals surface area contributed by atoms with Crippen LogP contribution in [0.3, 0.4) is 0 Å². The number of hydrogen-bond acceptors (Lipinski definition) is 4. The van der Waals surface area contributed by atoms with Crippen LogP contribution >= 0.6 is 35.6 Å². The molecule has 1 aromatic rings. The zero-order valence-corrected chi connectivity index (χ0v) is 21.0. The quantitative estimate of drug-likeness (QED) is 0.357. The minimum atomic E-state index is 0. The maximum absolute atomic E-state index is 6.16. The van der Waals surface area contributed by atoms with Crippen LogP contribution in [0, 0.1) is 0 Å². The van der Waals surface area contributed by atoms with Gasteiger partial charge in [-0.2, -0.15) is 0 Å². The average Bonchev–Trinajstić information content (AvgIpc) is 2.72. The van der Waals surface area contributed by atoms with E-state index in [0.29, 0.717) is 0 Å². The third kappa shape index (κ3) is 6.35. The second kappa shape index (κ2) is 11.6. The molecule has 0 aliphatic carbocycles. The zero-order valence-electron chi connectivity index (χ0n) is 17.9. The maximum Gasteiger partial charge on any atom is 0.194 e. The van der Waals surface area contributed by atoms with Crippen molar-refractivity contribution in [3.8, 4) is 0 Å². The molecule has 0 atom stereocenters. The number of halogens is 2. The van der Waals surface area contributed by atoms with Crippen LogP contribution in [0.4, 0.5) is 5.69 Å². The highest BCUT2D eigenvalue weighted by molar-refractivity contribution is 14.0. The smallest absolute Gasteiger partial charge is 0.194 e. The standard InChI is InChI=1S/C21H34ClN5O.HI/c1-4-23-20(24-17-21(25(2)3)8-14-28-15-9-21)27-12-10-26(11-13-27)19-7-5-6-18(22)16-19;/h5-7,16H,4,8-15,17H2,1-3H3,(H,23,24);1H. The first-order valence-corrected chi connectivity index (χ1v) is 10.7. The fourth-order valence-corrected chi connectivity index (χ4v) is 4.18. The number of piperazine rings is 1. The van der Waals surface area contributed by atoms with Gasteiger partial charge in [0.25, 0.3) is 0 Å². The SMILES string of the molecule is CCNC(=NCC1(N(C)C)CCOCC1)N1CCN(c2cccc(Cl)c2)CC1.I. The molecule has 2 heterocycles. The van der Waals surface area contributed by atoms with Crippen molar-refractivity contribution in [2.24, 2.45) is 4.99 Å². The van der Waals surface area contributed by atoms with Crippen LogP contribution in [0.25, 0.3) is 0 Å². The van der Waals surface area contributed by atoms with Crippen LogP contribution < -0.4 is 10.2 Å². The monoisotopic (exact) mass is 535 g/mol. The molecule has 2 aliphatic heterocycles. The lowest BCUT2D eigenvalue weighted by Gasteiger charge is -2.42. The highest BCUT2D eigenvalue weighted by atomic mass is 127. The summed E-state index contributed by atoms with van der Waals surface area (Å²) in [4.78, 5) is 12.2. The molecule has 29 heavy (non-hydrogen) atoms. The Hall–Kier alpha value is -0.770. The Morgan fingerprint density at radius 3 is 2.48 bits per heavy atom. The van der Waals surface area contributed by atoms with E-state index < -0.39 is 0 Å². The maximum atomic E-state index is 6.16.